The number of nitrogens with one attached hydrogen (secondary N) is 1. The van der Waals surface area contributed by atoms with E-state index in [1.165, 1.54) is 5.56 Å². The lowest BCUT2D eigenvalue weighted by Crippen LogP contribution is -2.43. The molecule has 2 aromatic carbocycles. The zero-order valence-corrected chi connectivity index (χ0v) is 19.6. The quantitative estimate of drug-likeness (QED) is 0.448. The second kappa shape index (κ2) is 10.4. The Labute approximate surface area is 205 Å². The molecule has 7 nitrogen and oxygen atoms in total. The van der Waals surface area contributed by atoms with Crippen molar-refractivity contribution in [1.82, 2.24) is 24.6 Å². The lowest BCUT2D eigenvalue weighted by Gasteiger charge is -2.31. The third-order valence-electron chi connectivity index (χ3n) is 6.53. The molecule has 0 bridgehead atoms. The number of aromatic nitrogens is 3. The van der Waals surface area contributed by atoms with E-state index in [0.29, 0.717) is 43.9 Å². The van der Waals surface area contributed by atoms with Gasteiger partial charge in [-0.1, -0.05) is 48.5 Å². The van der Waals surface area contributed by atoms with Gasteiger partial charge in [0.2, 0.25) is 5.91 Å². The fourth-order valence-corrected chi connectivity index (χ4v) is 4.61. The van der Waals surface area contributed by atoms with Crippen molar-refractivity contribution in [3.05, 3.63) is 103 Å². The zero-order valence-electron chi connectivity index (χ0n) is 19.6. The summed E-state index contributed by atoms with van der Waals surface area (Å²) in [6.45, 7) is 1.73. The van der Waals surface area contributed by atoms with Crippen molar-refractivity contribution in [2.45, 2.75) is 19.3 Å². The molecule has 1 N–H and O–H groups in total. The van der Waals surface area contributed by atoms with Gasteiger partial charge in [-0.25, -0.2) is 4.68 Å². The Morgan fingerprint density at radius 3 is 2.23 bits per heavy atom. The highest BCUT2D eigenvalue weighted by Crippen LogP contribution is 2.24. The number of benzene rings is 2. The van der Waals surface area contributed by atoms with Crippen LogP contribution in [0.25, 0.3) is 11.5 Å². The van der Waals surface area contributed by atoms with Gasteiger partial charge in [0.25, 0.3) is 5.91 Å². The Morgan fingerprint density at radius 1 is 0.886 bits per heavy atom. The monoisotopic (exact) mass is 467 g/mol. The van der Waals surface area contributed by atoms with Crippen LogP contribution in [0.1, 0.15) is 28.8 Å². The summed E-state index contributed by atoms with van der Waals surface area (Å²) in [6, 6.07) is 23.8. The number of rotatable bonds is 7. The van der Waals surface area contributed by atoms with Crippen LogP contribution in [-0.4, -0.2) is 50.7 Å². The van der Waals surface area contributed by atoms with Gasteiger partial charge in [-0.15, -0.1) is 0 Å². The fourth-order valence-electron chi connectivity index (χ4n) is 4.61. The second-order valence-corrected chi connectivity index (χ2v) is 8.81. The molecule has 1 aliphatic heterocycles. The minimum Gasteiger partial charge on any atom is -0.356 e. The Hall–Kier alpha value is -4.13. The molecule has 178 valence electrons. The molecule has 3 heterocycles. The largest absolute Gasteiger partial charge is 0.356 e. The van der Waals surface area contributed by atoms with Crippen molar-refractivity contribution >= 4 is 11.8 Å². The highest BCUT2D eigenvalue weighted by Gasteiger charge is 2.30. The average molecular weight is 468 g/mol. The van der Waals surface area contributed by atoms with Crippen LogP contribution in [0.3, 0.4) is 0 Å². The van der Waals surface area contributed by atoms with E-state index in [-0.39, 0.29) is 17.7 Å². The van der Waals surface area contributed by atoms with Gasteiger partial charge >= 0.3 is 0 Å². The van der Waals surface area contributed by atoms with Crippen LogP contribution in [0.15, 0.2) is 91.4 Å². The van der Waals surface area contributed by atoms with Crippen LogP contribution in [-0.2, 0) is 11.2 Å². The Kier molecular flexibility index (Phi) is 6.75. The van der Waals surface area contributed by atoms with Crippen LogP contribution >= 0.6 is 0 Å². The van der Waals surface area contributed by atoms with Gasteiger partial charge in [-0.2, -0.15) is 5.10 Å². The molecule has 5 rings (SSSR count). The molecule has 4 aromatic rings. The van der Waals surface area contributed by atoms with Gasteiger partial charge in [0.05, 0.1) is 11.9 Å². The highest BCUT2D eigenvalue weighted by molar-refractivity contribution is 5.97. The Balaban J connectivity index is 1.23. The Bertz CT molecular complexity index is 1260. The second-order valence-electron chi connectivity index (χ2n) is 8.81. The standard InChI is InChI=1S/C28H29N5O2/c34-26(29-16-13-22-9-3-1-4-10-22)23-14-19-32(20-15-23)28(35)25-21-30-33(24-11-5-2-6-12-24)27(25)31-17-7-8-18-31/h1-12,17-18,21,23H,13-16,19-20H2,(H,29,34). The van der Waals surface area contributed by atoms with Crippen LogP contribution in [0.4, 0.5) is 0 Å². The summed E-state index contributed by atoms with van der Waals surface area (Å²) in [7, 11) is 0. The summed E-state index contributed by atoms with van der Waals surface area (Å²) >= 11 is 0. The highest BCUT2D eigenvalue weighted by atomic mass is 16.2. The first-order chi connectivity index (χ1) is 17.2. The number of amides is 2. The number of likely N-dealkylation sites (tertiary alicyclic amines) is 1. The maximum absolute atomic E-state index is 13.5. The van der Waals surface area contributed by atoms with E-state index in [4.69, 9.17) is 0 Å². The van der Waals surface area contributed by atoms with Crippen molar-refractivity contribution in [3.8, 4) is 11.5 Å². The summed E-state index contributed by atoms with van der Waals surface area (Å²) in [6.07, 6.45) is 7.62. The Morgan fingerprint density at radius 2 is 1.54 bits per heavy atom. The van der Waals surface area contributed by atoms with E-state index in [0.717, 1.165) is 12.1 Å². The summed E-state index contributed by atoms with van der Waals surface area (Å²) in [5.41, 5.74) is 2.65. The van der Waals surface area contributed by atoms with Crippen LogP contribution in [0, 0.1) is 5.92 Å². The van der Waals surface area contributed by atoms with Crippen molar-refractivity contribution in [2.75, 3.05) is 19.6 Å². The van der Waals surface area contributed by atoms with Crippen molar-refractivity contribution in [3.63, 3.8) is 0 Å². The van der Waals surface area contributed by atoms with Crippen molar-refractivity contribution < 1.29 is 9.59 Å². The third kappa shape index (κ3) is 5.04. The van der Waals surface area contributed by atoms with Gasteiger partial charge in [0, 0.05) is 37.9 Å². The molecule has 1 fully saturated rings. The fraction of sp³-hybridized carbons (Fsp3) is 0.250. The molecule has 2 amide bonds. The first kappa shape index (κ1) is 22.7. The van der Waals surface area contributed by atoms with E-state index in [1.54, 1.807) is 10.9 Å². The molecule has 0 spiro atoms. The lowest BCUT2D eigenvalue weighted by molar-refractivity contribution is -0.126. The number of hydrogen-bond donors (Lipinski definition) is 1. The molecular weight excluding hydrogens is 438 g/mol. The smallest absolute Gasteiger partial charge is 0.259 e. The first-order valence-electron chi connectivity index (χ1n) is 12.1. The van der Waals surface area contributed by atoms with Gasteiger partial charge in [-0.05, 0) is 49.1 Å². The lowest BCUT2D eigenvalue weighted by atomic mass is 9.95. The van der Waals surface area contributed by atoms with Crippen LogP contribution < -0.4 is 5.32 Å². The minimum absolute atomic E-state index is 0.0567. The minimum atomic E-state index is -0.0641. The van der Waals surface area contributed by atoms with E-state index >= 15 is 0 Å². The molecule has 0 radical (unpaired) electrons. The summed E-state index contributed by atoms with van der Waals surface area (Å²) in [5, 5.41) is 7.61. The van der Waals surface area contributed by atoms with Crippen LogP contribution in [0.2, 0.25) is 0 Å². The molecule has 0 unspecified atom stereocenters. The van der Waals surface area contributed by atoms with Gasteiger partial charge < -0.3 is 14.8 Å². The number of piperidine rings is 1. The molecule has 0 aliphatic carbocycles. The molecule has 1 saturated heterocycles. The van der Waals surface area contributed by atoms with E-state index < -0.39 is 0 Å². The molecule has 2 aromatic heterocycles. The number of carbonyl (C=O) groups is 2. The maximum Gasteiger partial charge on any atom is 0.259 e. The van der Waals surface area contributed by atoms with E-state index in [9.17, 15) is 9.59 Å². The van der Waals surface area contributed by atoms with Crippen molar-refractivity contribution in [2.24, 2.45) is 5.92 Å². The number of para-hydroxylation sites is 1. The molecule has 0 saturated carbocycles. The summed E-state index contributed by atoms with van der Waals surface area (Å²) in [5.74, 6) is 0.675. The normalized spacial score (nSPS) is 14.1. The molecular formula is C28H29N5O2. The number of nitrogens with zero attached hydrogens (tertiary/aromatic N) is 4. The van der Waals surface area contributed by atoms with Crippen LogP contribution in [0.5, 0.6) is 0 Å². The van der Waals surface area contributed by atoms with E-state index in [1.807, 2.05) is 82.5 Å². The molecule has 7 heteroatoms. The van der Waals surface area contributed by atoms with Gasteiger partial charge in [0.1, 0.15) is 5.56 Å². The number of carbonyl (C=O) groups excluding carboxylic acids is 2. The summed E-state index contributed by atoms with van der Waals surface area (Å²) < 4.78 is 3.71. The maximum atomic E-state index is 13.5. The predicted molar refractivity (Wildman–Crippen MR) is 135 cm³/mol. The molecule has 35 heavy (non-hydrogen) atoms. The molecule has 0 atom stereocenters. The average Bonchev–Trinajstić information content (AvgIpc) is 3.60. The van der Waals surface area contributed by atoms with Gasteiger partial charge in [-0.3, -0.25) is 9.59 Å². The van der Waals surface area contributed by atoms with E-state index in [2.05, 4.69) is 22.5 Å². The predicted octanol–water partition coefficient (Wildman–Crippen LogP) is 3.87. The number of hydrogen-bond acceptors (Lipinski definition) is 3. The first-order valence-corrected chi connectivity index (χ1v) is 12.1. The van der Waals surface area contributed by atoms with Gasteiger partial charge in [0.15, 0.2) is 5.82 Å². The SMILES string of the molecule is O=C(NCCc1ccccc1)C1CCN(C(=O)c2cnn(-c3ccccc3)c2-n2cccc2)CC1. The van der Waals surface area contributed by atoms with Crippen molar-refractivity contribution in [1.29, 1.82) is 0 Å². The zero-order chi connectivity index (χ0) is 24.0. The third-order valence-corrected chi connectivity index (χ3v) is 6.53. The molecule has 1 aliphatic rings. The topological polar surface area (TPSA) is 72.2 Å². The summed E-state index contributed by atoms with van der Waals surface area (Å²) in [4.78, 5) is 28.0.